The molecule has 1 aliphatic heterocycles. The minimum absolute atomic E-state index is 0.152. The molecule has 1 aliphatic rings. The highest BCUT2D eigenvalue weighted by molar-refractivity contribution is 6.90. The van der Waals surface area contributed by atoms with Gasteiger partial charge in [0.2, 0.25) is 0 Å². The minimum Gasteiger partial charge on any atom is -0.407 e. The Morgan fingerprint density at radius 1 is 0.742 bits per heavy atom. The van der Waals surface area contributed by atoms with E-state index < -0.39 is 0 Å². The summed E-state index contributed by atoms with van der Waals surface area (Å²) in [5.41, 5.74) is 13.9. The molecule has 0 unspecified atom stereocenters. The first-order valence-electron chi connectivity index (χ1n) is 10.9. The van der Waals surface area contributed by atoms with E-state index in [9.17, 15) is 0 Å². The Morgan fingerprint density at radius 3 is 2.13 bits per heavy atom. The largest absolute Gasteiger partial charge is 0.407 e. The van der Waals surface area contributed by atoms with Crippen LogP contribution in [-0.4, -0.2) is 18.9 Å². The molecule has 5 rings (SSSR count). The van der Waals surface area contributed by atoms with E-state index in [1.54, 1.807) is 0 Å². The van der Waals surface area contributed by atoms with Gasteiger partial charge in [-0.15, -0.1) is 0 Å². The lowest BCUT2D eigenvalue weighted by molar-refractivity contribution is 1.22. The van der Waals surface area contributed by atoms with E-state index >= 15 is 0 Å². The van der Waals surface area contributed by atoms with E-state index in [1.807, 2.05) is 6.20 Å². The summed E-state index contributed by atoms with van der Waals surface area (Å²) >= 11 is 0. The van der Waals surface area contributed by atoms with Gasteiger partial charge in [0.25, 0.3) is 0 Å². The Kier molecular flexibility index (Phi) is 4.70. The number of nitrogens with zero attached hydrogens (tertiary/aromatic N) is 2. The third-order valence-electron chi connectivity index (χ3n) is 6.52. The first-order chi connectivity index (χ1) is 15.0. The van der Waals surface area contributed by atoms with Crippen molar-refractivity contribution in [2.45, 2.75) is 27.7 Å². The monoisotopic (exact) mass is 402 g/mol. The molecule has 0 amide bonds. The van der Waals surface area contributed by atoms with Crippen LogP contribution in [-0.2, 0) is 0 Å². The average Bonchev–Trinajstić information content (AvgIpc) is 2.74. The van der Waals surface area contributed by atoms with Crippen LogP contribution in [0.25, 0.3) is 22.4 Å². The van der Waals surface area contributed by atoms with Crippen LogP contribution in [0.1, 0.15) is 22.3 Å². The van der Waals surface area contributed by atoms with Crippen LogP contribution in [0.15, 0.2) is 72.9 Å². The summed E-state index contributed by atoms with van der Waals surface area (Å²) < 4.78 is 0. The van der Waals surface area contributed by atoms with Crippen LogP contribution in [0.5, 0.6) is 0 Å². The number of aryl methyl sites for hydroxylation is 4. The highest BCUT2D eigenvalue weighted by Gasteiger charge is 2.37. The first-order valence-corrected chi connectivity index (χ1v) is 10.9. The van der Waals surface area contributed by atoms with Crippen LogP contribution < -0.4 is 15.7 Å². The number of hydrogen-bond donors (Lipinski definition) is 0. The molecule has 2 nitrogen and oxygen atoms in total. The number of pyridine rings is 1. The van der Waals surface area contributed by atoms with Crippen molar-refractivity contribution in [2.24, 2.45) is 0 Å². The third kappa shape index (κ3) is 3.16. The van der Waals surface area contributed by atoms with Crippen molar-refractivity contribution in [1.29, 1.82) is 0 Å². The summed E-state index contributed by atoms with van der Waals surface area (Å²) in [5.74, 6) is 0. The molecule has 31 heavy (non-hydrogen) atoms. The van der Waals surface area contributed by atoms with E-state index in [-0.39, 0.29) is 6.85 Å². The molecule has 0 N–H and O–H groups in total. The number of aromatic nitrogens is 1. The van der Waals surface area contributed by atoms with Crippen molar-refractivity contribution in [1.82, 2.24) is 4.98 Å². The second-order valence-corrected chi connectivity index (χ2v) is 8.84. The van der Waals surface area contributed by atoms with Gasteiger partial charge < -0.3 is 4.81 Å². The predicted octanol–water partition coefficient (Wildman–Crippen LogP) is 5.20. The number of hydrogen-bond acceptors (Lipinski definition) is 2. The van der Waals surface area contributed by atoms with Gasteiger partial charge in [0.1, 0.15) is 0 Å². The van der Waals surface area contributed by atoms with Gasteiger partial charge in [-0.1, -0.05) is 70.8 Å². The maximum atomic E-state index is 4.90. The number of anilines is 1. The summed E-state index contributed by atoms with van der Waals surface area (Å²) in [7, 11) is 2.22. The van der Waals surface area contributed by atoms with Crippen molar-refractivity contribution in [3.05, 3.63) is 95.2 Å². The summed E-state index contributed by atoms with van der Waals surface area (Å²) in [5, 5.41) is 0. The van der Waals surface area contributed by atoms with E-state index in [1.165, 1.54) is 55.6 Å². The predicted molar refractivity (Wildman–Crippen MR) is 134 cm³/mol. The van der Waals surface area contributed by atoms with E-state index in [4.69, 9.17) is 4.98 Å². The van der Waals surface area contributed by atoms with Crippen molar-refractivity contribution < 1.29 is 0 Å². The number of rotatable bonds is 2. The maximum absolute atomic E-state index is 4.90. The highest BCUT2D eigenvalue weighted by atomic mass is 15.1. The molecule has 0 radical (unpaired) electrons. The van der Waals surface area contributed by atoms with Crippen molar-refractivity contribution in [3.63, 3.8) is 0 Å². The molecule has 3 heteroatoms. The van der Waals surface area contributed by atoms with E-state index in [2.05, 4.69) is 106 Å². The van der Waals surface area contributed by atoms with E-state index in [0.717, 1.165) is 5.69 Å². The first kappa shape index (κ1) is 19.6. The van der Waals surface area contributed by atoms with Crippen LogP contribution in [0.3, 0.4) is 0 Å². The molecule has 3 aromatic carbocycles. The molecule has 0 aliphatic carbocycles. The average molecular weight is 402 g/mol. The summed E-state index contributed by atoms with van der Waals surface area (Å²) in [6.45, 7) is 8.92. The molecule has 0 fully saturated rings. The Morgan fingerprint density at radius 2 is 1.42 bits per heavy atom. The fourth-order valence-corrected chi connectivity index (χ4v) is 5.28. The zero-order valence-electron chi connectivity index (χ0n) is 18.9. The van der Waals surface area contributed by atoms with Crippen molar-refractivity contribution >= 4 is 23.5 Å². The van der Waals surface area contributed by atoms with Crippen molar-refractivity contribution in [2.75, 3.05) is 11.9 Å². The summed E-state index contributed by atoms with van der Waals surface area (Å²) in [4.78, 5) is 7.34. The second kappa shape index (κ2) is 7.42. The van der Waals surface area contributed by atoms with Gasteiger partial charge in [0, 0.05) is 17.3 Å². The SMILES string of the molecule is Cc1cc(C)cc(-c2nccc3c2N(C)B(c2c(C)cccc2C)c2ccccc2-3)c1. The van der Waals surface area contributed by atoms with Gasteiger partial charge in [0.15, 0.2) is 0 Å². The quantitative estimate of drug-likeness (QED) is 0.428. The Labute approximate surface area is 185 Å². The molecule has 4 aromatic rings. The number of fused-ring (bicyclic) bond motifs is 3. The molecule has 0 saturated heterocycles. The third-order valence-corrected chi connectivity index (χ3v) is 6.52. The van der Waals surface area contributed by atoms with Gasteiger partial charge in [-0.3, -0.25) is 4.98 Å². The smallest absolute Gasteiger partial charge is 0.324 e. The summed E-state index contributed by atoms with van der Waals surface area (Å²) in [6, 6.07) is 24.3. The lowest BCUT2D eigenvalue weighted by Gasteiger charge is -2.38. The Hall–Kier alpha value is -3.33. The molecule has 1 aromatic heterocycles. The van der Waals surface area contributed by atoms with E-state index in [0.29, 0.717) is 0 Å². The van der Waals surface area contributed by atoms with Crippen LogP contribution in [0.4, 0.5) is 5.69 Å². The maximum Gasteiger partial charge on any atom is 0.324 e. The van der Waals surface area contributed by atoms with Crippen LogP contribution in [0.2, 0.25) is 0 Å². The summed E-state index contributed by atoms with van der Waals surface area (Å²) in [6.07, 6.45) is 1.95. The van der Waals surface area contributed by atoms with Gasteiger partial charge in [-0.2, -0.15) is 0 Å². The Balaban J connectivity index is 1.82. The fraction of sp³-hybridized carbons (Fsp3) is 0.179. The van der Waals surface area contributed by atoms with Gasteiger partial charge >= 0.3 is 6.85 Å². The van der Waals surface area contributed by atoms with Gasteiger partial charge in [0.05, 0.1) is 11.4 Å². The molecule has 0 bridgehead atoms. The molecular weight excluding hydrogens is 375 g/mol. The molecule has 2 heterocycles. The minimum atomic E-state index is 0.152. The van der Waals surface area contributed by atoms with Gasteiger partial charge in [-0.25, -0.2) is 0 Å². The van der Waals surface area contributed by atoms with Crippen LogP contribution in [0, 0.1) is 27.7 Å². The van der Waals surface area contributed by atoms with Gasteiger partial charge in [-0.05, 0) is 69.4 Å². The highest BCUT2D eigenvalue weighted by Crippen LogP contribution is 2.41. The zero-order chi connectivity index (χ0) is 21.7. The topological polar surface area (TPSA) is 16.1 Å². The lowest BCUT2D eigenvalue weighted by atomic mass is 9.44. The fourth-order valence-electron chi connectivity index (χ4n) is 5.28. The second-order valence-electron chi connectivity index (χ2n) is 8.84. The Bertz CT molecular complexity index is 1270. The number of benzene rings is 3. The zero-order valence-corrected chi connectivity index (χ0v) is 18.9. The molecular formula is C28H27BN2. The normalized spacial score (nSPS) is 12.5. The molecule has 0 spiro atoms. The van der Waals surface area contributed by atoms with Crippen LogP contribution >= 0.6 is 0 Å². The molecule has 0 atom stereocenters. The molecule has 152 valence electrons. The standard InChI is InChI=1S/C28H27BN2/c1-18-15-19(2)17-22(16-18)27-28-24(13-14-30-27)23-11-6-7-12-25(23)29(31(28)5)26-20(3)9-8-10-21(26)4/h6-17H,1-5H3. The molecule has 0 saturated carbocycles. The van der Waals surface area contributed by atoms with Crippen molar-refractivity contribution in [3.8, 4) is 22.4 Å². The lowest BCUT2D eigenvalue weighted by Crippen LogP contribution is -2.59.